The molecule has 0 fully saturated rings. The van der Waals surface area contributed by atoms with E-state index in [2.05, 4.69) is 16.8 Å². The van der Waals surface area contributed by atoms with Crippen LogP contribution in [0.15, 0.2) is 35.3 Å². The molecule has 0 radical (unpaired) electrons. The van der Waals surface area contributed by atoms with Crippen molar-refractivity contribution in [3.63, 3.8) is 0 Å². The van der Waals surface area contributed by atoms with Gasteiger partial charge < -0.3 is 4.42 Å². The number of nitrogens with zero attached hydrogens (tertiary/aromatic N) is 2. The number of aromatic nitrogens is 2. The van der Waals surface area contributed by atoms with E-state index in [9.17, 15) is 0 Å². The molecular weight excluding hydrogens is 176 g/mol. The van der Waals surface area contributed by atoms with E-state index in [1.54, 1.807) is 0 Å². The molecule has 0 amide bonds. The Morgan fingerprint density at radius 1 is 1.21 bits per heavy atom. The van der Waals surface area contributed by atoms with E-state index in [0.717, 1.165) is 5.56 Å². The molecule has 70 valence electrons. The summed E-state index contributed by atoms with van der Waals surface area (Å²) in [6, 6.07) is 7.92. The first-order valence-electron chi connectivity index (χ1n) is 4.32. The molecule has 0 saturated carbocycles. The fraction of sp³-hybridized carbons (Fsp3) is 0.0909. The zero-order chi connectivity index (χ0) is 9.97. The van der Waals surface area contributed by atoms with Gasteiger partial charge in [0.15, 0.2) is 0 Å². The summed E-state index contributed by atoms with van der Waals surface area (Å²) in [6.45, 7) is 5.59. The van der Waals surface area contributed by atoms with Crippen LogP contribution in [0.3, 0.4) is 0 Å². The normalized spacial score (nSPS) is 10.1. The maximum atomic E-state index is 5.32. The highest BCUT2D eigenvalue weighted by Gasteiger charge is 2.04. The summed E-state index contributed by atoms with van der Waals surface area (Å²) in [4.78, 5) is 0. The summed E-state index contributed by atoms with van der Waals surface area (Å²) in [7, 11) is 0. The minimum Gasteiger partial charge on any atom is -0.417 e. The van der Waals surface area contributed by atoms with E-state index in [1.165, 1.54) is 11.6 Å². The number of aryl methyl sites for hydroxylation is 1. The SMILES string of the molecule is C=Cc1nnc(-c2ccc(C)cc2)o1. The Hall–Kier alpha value is -1.90. The minimum absolute atomic E-state index is 0.445. The van der Waals surface area contributed by atoms with Crippen LogP contribution in [0.1, 0.15) is 11.5 Å². The Morgan fingerprint density at radius 3 is 2.50 bits per heavy atom. The van der Waals surface area contributed by atoms with E-state index >= 15 is 0 Å². The van der Waals surface area contributed by atoms with Gasteiger partial charge in [0.2, 0.25) is 11.8 Å². The minimum atomic E-state index is 0.445. The largest absolute Gasteiger partial charge is 0.417 e. The van der Waals surface area contributed by atoms with Crippen molar-refractivity contribution in [2.75, 3.05) is 0 Å². The van der Waals surface area contributed by atoms with Gasteiger partial charge in [-0.15, -0.1) is 10.2 Å². The van der Waals surface area contributed by atoms with Crippen LogP contribution in [-0.4, -0.2) is 10.2 Å². The molecule has 1 heterocycles. The summed E-state index contributed by atoms with van der Waals surface area (Å²) in [5.41, 5.74) is 2.13. The summed E-state index contributed by atoms with van der Waals surface area (Å²) >= 11 is 0. The van der Waals surface area contributed by atoms with Crippen LogP contribution in [0.4, 0.5) is 0 Å². The van der Waals surface area contributed by atoms with Crippen LogP contribution in [0.25, 0.3) is 17.5 Å². The maximum absolute atomic E-state index is 5.32. The van der Waals surface area contributed by atoms with Crippen LogP contribution < -0.4 is 0 Å². The average molecular weight is 186 g/mol. The van der Waals surface area contributed by atoms with Crippen molar-refractivity contribution in [3.8, 4) is 11.5 Å². The van der Waals surface area contributed by atoms with Gasteiger partial charge >= 0.3 is 0 Å². The molecule has 0 spiro atoms. The van der Waals surface area contributed by atoms with Gasteiger partial charge in [0, 0.05) is 5.56 Å². The van der Waals surface area contributed by atoms with E-state index in [4.69, 9.17) is 4.42 Å². The van der Waals surface area contributed by atoms with Gasteiger partial charge in [-0.05, 0) is 25.1 Å². The molecule has 2 rings (SSSR count). The predicted octanol–water partition coefficient (Wildman–Crippen LogP) is 2.69. The van der Waals surface area contributed by atoms with E-state index < -0.39 is 0 Å². The lowest BCUT2D eigenvalue weighted by Gasteiger charge is -1.94. The summed E-state index contributed by atoms with van der Waals surface area (Å²) in [6.07, 6.45) is 1.53. The number of hydrogen-bond donors (Lipinski definition) is 0. The molecule has 0 aliphatic carbocycles. The predicted molar refractivity (Wildman–Crippen MR) is 54.6 cm³/mol. The number of hydrogen-bond acceptors (Lipinski definition) is 3. The van der Waals surface area contributed by atoms with E-state index in [-0.39, 0.29) is 0 Å². The van der Waals surface area contributed by atoms with Crippen molar-refractivity contribution in [3.05, 3.63) is 42.3 Å². The quantitative estimate of drug-likeness (QED) is 0.723. The fourth-order valence-electron chi connectivity index (χ4n) is 1.13. The second kappa shape index (κ2) is 3.46. The molecule has 14 heavy (non-hydrogen) atoms. The van der Waals surface area contributed by atoms with Gasteiger partial charge in [-0.1, -0.05) is 24.3 Å². The molecule has 0 aliphatic heterocycles. The van der Waals surface area contributed by atoms with Gasteiger partial charge in [0.25, 0.3) is 0 Å². The number of rotatable bonds is 2. The molecule has 0 aliphatic rings. The first-order chi connectivity index (χ1) is 6.79. The van der Waals surface area contributed by atoms with Crippen molar-refractivity contribution in [2.45, 2.75) is 6.92 Å². The van der Waals surface area contributed by atoms with Crippen molar-refractivity contribution >= 4 is 6.08 Å². The average Bonchev–Trinajstić information content (AvgIpc) is 2.67. The molecule has 1 aromatic carbocycles. The van der Waals surface area contributed by atoms with Crippen LogP contribution in [0.5, 0.6) is 0 Å². The fourth-order valence-corrected chi connectivity index (χ4v) is 1.13. The third-order valence-corrected chi connectivity index (χ3v) is 1.91. The zero-order valence-corrected chi connectivity index (χ0v) is 7.90. The zero-order valence-electron chi connectivity index (χ0n) is 7.90. The van der Waals surface area contributed by atoms with Gasteiger partial charge in [-0.25, -0.2) is 0 Å². The van der Waals surface area contributed by atoms with Crippen LogP contribution in [-0.2, 0) is 0 Å². The Bertz CT molecular complexity index is 443. The molecule has 3 nitrogen and oxygen atoms in total. The standard InChI is InChI=1S/C11H10N2O/c1-3-10-12-13-11(14-10)9-6-4-8(2)5-7-9/h3-7H,1H2,2H3. The topological polar surface area (TPSA) is 38.9 Å². The second-order valence-electron chi connectivity index (χ2n) is 3.02. The highest BCUT2D eigenvalue weighted by molar-refractivity contribution is 5.53. The Balaban J connectivity index is 2.39. The summed E-state index contributed by atoms with van der Waals surface area (Å²) in [5.74, 6) is 0.973. The van der Waals surface area contributed by atoms with Crippen molar-refractivity contribution in [1.82, 2.24) is 10.2 Å². The Kier molecular flexibility index (Phi) is 2.14. The maximum Gasteiger partial charge on any atom is 0.248 e. The van der Waals surface area contributed by atoms with E-state index in [0.29, 0.717) is 11.8 Å². The lowest BCUT2D eigenvalue weighted by atomic mass is 10.1. The van der Waals surface area contributed by atoms with Gasteiger partial charge in [-0.3, -0.25) is 0 Å². The lowest BCUT2D eigenvalue weighted by Crippen LogP contribution is -1.77. The summed E-state index contributed by atoms with van der Waals surface area (Å²) < 4.78 is 5.32. The molecular formula is C11H10N2O. The molecule has 1 aromatic heterocycles. The summed E-state index contributed by atoms with van der Waals surface area (Å²) in [5, 5.41) is 7.70. The van der Waals surface area contributed by atoms with Gasteiger partial charge in [0.05, 0.1) is 0 Å². The molecule has 3 heteroatoms. The second-order valence-corrected chi connectivity index (χ2v) is 3.02. The Labute approximate surface area is 82.1 Å². The molecule has 0 N–H and O–H groups in total. The van der Waals surface area contributed by atoms with Crippen molar-refractivity contribution in [1.29, 1.82) is 0 Å². The molecule has 0 atom stereocenters. The van der Waals surface area contributed by atoms with Gasteiger partial charge in [0.1, 0.15) is 0 Å². The van der Waals surface area contributed by atoms with Crippen LogP contribution in [0, 0.1) is 6.92 Å². The van der Waals surface area contributed by atoms with E-state index in [1.807, 2.05) is 31.2 Å². The van der Waals surface area contributed by atoms with Crippen molar-refractivity contribution < 1.29 is 4.42 Å². The molecule has 0 unspecified atom stereocenters. The van der Waals surface area contributed by atoms with Crippen LogP contribution >= 0.6 is 0 Å². The highest BCUT2D eigenvalue weighted by atomic mass is 16.4. The third-order valence-electron chi connectivity index (χ3n) is 1.91. The van der Waals surface area contributed by atoms with Gasteiger partial charge in [-0.2, -0.15) is 0 Å². The third kappa shape index (κ3) is 1.57. The monoisotopic (exact) mass is 186 g/mol. The molecule has 2 aromatic rings. The number of benzene rings is 1. The molecule has 0 saturated heterocycles. The first-order valence-corrected chi connectivity index (χ1v) is 4.32. The first kappa shape index (κ1) is 8.69. The lowest BCUT2D eigenvalue weighted by molar-refractivity contribution is 0.558. The van der Waals surface area contributed by atoms with Crippen molar-refractivity contribution in [2.24, 2.45) is 0 Å². The smallest absolute Gasteiger partial charge is 0.248 e. The Morgan fingerprint density at radius 2 is 1.93 bits per heavy atom. The highest BCUT2D eigenvalue weighted by Crippen LogP contribution is 2.18. The molecule has 0 bridgehead atoms. The van der Waals surface area contributed by atoms with Crippen LogP contribution in [0.2, 0.25) is 0 Å².